The summed E-state index contributed by atoms with van der Waals surface area (Å²) in [6.07, 6.45) is 1.85. The van der Waals surface area contributed by atoms with Gasteiger partial charge in [0.15, 0.2) is 5.16 Å². The number of imide groups is 1. The van der Waals surface area contributed by atoms with E-state index in [0.717, 1.165) is 12.8 Å². The summed E-state index contributed by atoms with van der Waals surface area (Å²) >= 11 is 1.20. The smallest absolute Gasteiger partial charge is 0.318 e. The molecule has 1 aliphatic carbocycles. The number of hydrogen-bond donors (Lipinski definition) is 2. The molecule has 1 aromatic carbocycles. The van der Waals surface area contributed by atoms with E-state index in [-0.39, 0.29) is 17.5 Å². The summed E-state index contributed by atoms with van der Waals surface area (Å²) in [7, 11) is 0. The molecule has 0 unspecified atom stereocenters. The maximum Gasteiger partial charge on any atom is 0.318 e. The van der Waals surface area contributed by atoms with E-state index in [1.54, 1.807) is 16.7 Å². The van der Waals surface area contributed by atoms with Crippen molar-refractivity contribution in [3.8, 4) is 0 Å². The summed E-state index contributed by atoms with van der Waals surface area (Å²) in [5, 5.41) is 2.62. The number of amides is 3. The molecule has 3 N–H and O–H groups in total. The molecule has 1 heterocycles. The van der Waals surface area contributed by atoms with Crippen LogP contribution in [0.5, 0.6) is 0 Å². The molecule has 3 amide bonds. The Bertz CT molecular complexity index is 889. The number of nitrogens with one attached hydrogen (secondary N) is 1. The highest BCUT2D eigenvalue weighted by Crippen LogP contribution is 2.38. The quantitative estimate of drug-likeness (QED) is 0.627. The zero-order valence-electron chi connectivity index (χ0n) is 14.1. The third-order valence-corrected chi connectivity index (χ3v) is 5.54. The Hall–Kier alpha value is -2.35. The number of carbonyl (C=O) groups excluding carboxylic acids is 2. The first kappa shape index (κ1) is 17.5. The van der Waals surface area contributed by atoms with E-state index >= 15 is 0 Å². The number of nitrogens with zero attached hydrogens (tertiary/aromatic N) is 2. The molecule has 8 heteroatoms. The fraction of sp³-hybridized carbons (Fsp3) is 0.412. The lowest BCUT2D eigenvalue weighted by molar-refractivity contribution is -0.120. The minimum Gasteiger partial charge on any atom is -0.351 e. The molecular formula is C17H20N4O3S. The molecule has 2 aromatic rings. The Balaban J connectivity index is 2.04. The molecule has 1 aliphatic rings. The Kier molecular flexibility index (Phi) is 4.80. The number of nitrogens with two attached hydrogens (primary N) is 1. The van der Waals surface area contributed by atoms with Crippen molar-refractivity contribution in [3.63, 3.8) is 0 Å². The molecule has 1 saturated carbocycles. The number of hydrogen-bond acceptors (Lipinski definition) is 5. The van der Waals surface area contributed by atoms with E-state index in [9.17, 15) is 14.4 Å². The van der Waals surface area contributed by atoms with Gasteiger partial charge in [0.25, 0.3) is 5.56 Å². The molecule has 132 valence electrons. The number of rotatable bonds is 5. The highest BCUT2D eigenvalue weighted by Gasteiger charge is 2.32. The van der Waals surface area contributed by atoms with Crippen molar-refractivity contribution in [2.75, 3.05) is 0 Å². The Morgan fingerprint density at radius 1 is 1.32 bits per heavy atom. The third kappa shape index (κ3) is 3.68. The van der Waals surface area contributed by atoms with Crippen LogP contribution in [0.25, 0.3) is 10.9 Å². The Labute approximate surface area is 149 Å². The van der Waals surface area contributed by atoms with Gasteiger partial charge < -0.3 is 5.73 Å². The minimum atomic E-state index is -0.887. The van der Waals surface area contributed by atoms with Gasteiger partial charge in [-0.25, -0.2) is 9.78 Å². The maximum absolute atomic E-state index is 12.9. The average molecular weight is 360 g/mol. The van der Waals surface area contributed by atoms with Crippen LogP contribution in [0.4, 0.5) is 4.79 Å². The van der Waals surface area contributed by atoms with E-state index in [0.29, 0.717) is 16.1 Å². The molecule has 7 nitrogen and oxygen atoms in total. The minimum absolute atomic E-state index is 0.0691. The van der Waals surface area contributed by atoms with Crippen molar-refractivity contribution in [3.05, 3.63) is 34.6 Å². The number of thioether (sulfide) groups is 1. The summed E-state index contributed by atoms with van der Waals surface area (Å²) in [4.78, 5) is 40.8. The number of fused-ring (bicyclic) bond motifs is 1. The van der Waals surface area contributed by atoms with Gasteiger partial charge in [0.1, 0.15) is 0 Å². The zero-order chi connectivity index (χ0) is 18.1. The van der Waals surface area contributed by atoms with Gasteiger partial charge in [-0.1, -0.05) is 37.7 Å². The van der Waals surface area contributed by atoms with E-state index in [1.807, 2.05) is 26.0 Å². The molecule has 1 aromatic heterocycles. The van der Waals surface area contributed by atoms with Crippen LogP contribution in [-0.2, 0) is 4.79 Å². The lowest BCUT2D eigenvalue weighted by atomic mass is 10.1. The van der Waals surface area contributed by atoms with Crippen LogP contribution >= 0.6 is 11.8 Å². The molecule has 1 atom stereocenters. The third-order valence-electron chi connectivity index (χ3n) is 4.03. The van der Waals surface area contributed by atoms with Crippen molar-refractivity contribution in [1.29, 1.82) is 0 Å². The van der Waals surface area contributed by atoms with Gasteiger partial charge in [0, 0.05) is 6.04 Å². The van der Waals surface area contributed by atoms with Crippen molar-refractivity contribution < 1.29 is 9.59 Å². The first-order chi connectivity index (χ1) is 11.9. The van der Waals surface area contributed by atoms with Gasteiger partial charge >= 0.3 is 6.03 Å². The summed E-state index contributed by atoms with van der Waals surface area (Å²) in [6.45, 7) is 3.75. The van der Waals surface area contributed by atoms with Gasteiger partial charge in [-0.2, -0.15) is 0 Å². The first-order valence-electron chi connectivity index (χ1n) is 8.16. The number of para-hydroxylation sites is 1. The Morgan fingerprint density at radius 2 is 2.00 bits per heavy atom. The number of carbonyl (C=O) groups is 2. The van der Waals surface area contributed by atoms with Crippen LogP contribution in [-0.4, -0.2) is 26.7 Å². The molecular weight excluding hydrogens is 340 g/mol. The highest BCUT2D eigenvalue weighted by molar-refractivity contribution is 8.00. The topological polar surface area (TPSA) is 107 Å². The lowest BCUT2D eigenvalue weighted by Gasteiger charge is -2.20. The molecule has 1 fully saturated rings. The average Bonchev–Trinajstić information content (AvgIpc) is 3.36. The fourth-order valence-corrected chi connectivity index (χ4v) is 3.82. The highest BCUT2D eigenvalue weighted by atomic mass is 32.2. The second-order valence-electron chi connectivity index (χ2n) is 6.45. The van der Waals surface area contributed by atoms with Gasteiger partial charge in [-0.3, -0.25) is 19.5 Å². The first-order valence-corrected chi connectivity index (χ1v) is 9.04. The zero-order valence-corrected chi connectivity index (χ0v) is 14.9. The summed E-state index contributed by atoms with van der Waals surface area (Å²) in [5.41, 5.74) is 5.57. The number of urea groups is 1. The maximum atomic E-state index is 12.9. The van der Waals surface area contributed by atoms with E-state index in [2.05, 4.69) is 10.3 Å². The number of primary amides is 1. The van der Waals surface area contributed by atoms with Gasteiger partial charge in [-0.05, 0) is 30.9 Å². The monoisotopic (exact) mass is 360 g/mol. The van der Waals surface area contributed by atoms with Gasteiger partial charge in [-0.15, -0.1) is 0 Å². The predicted molar refractivity (Wildman–Crippen MR) is 96.5 cm³/mol. The van der Waals surface area contributed by atoms with Crippen LogP contribution in [0.1, 0.15) is 32.7 Å². The van der Waals surface area contributed by atoms with Crippen molar-refractivity contribution >= 4 is 34.6 Å². The summed E-state index contributed by atoms with van der Waals surface area (Å²) in [6, 6.07) is 6.42. The molecule has 0 saturated heterocycles. The molecule has 0 radical (unpaired) electrons. The molecule has 0 aliphatic heterocycles. The largest absolute Gasteiger partial charge is 0.351 e. The van der Waals surface area contributed by atoms with Crippen LogP contribution in [0.15, 0.2) is 34.2 Å². The van der Waals surface area contributed by atoms with E-state index in [4.69, 9.17) is 5.73 Å². The standard InChI is InChI=1S/C17H20N4O3S/c1-9(2)13(14(22)20-16(18)24)25-17-19-12-6-4-3-5-11(12)15(23)21(17)10-7-8-10/h3-6,9-10,13H,7-8H2,1-2H3,(H3,18,20,22,24)/t13-/m0/s1. The normalized spacial score (nSPS) is 15.3. The summed E-state index contributed by atoms with van der Waals surface area (Å²) < 4.78 is 1.68. The number of aromatic nitrogens is 2. The second kappa shape index (κ2) is 6.87. The van der Waals surface area contributed by atoms with Crippen molar-refractivity contribution in [2.24, 2.45) is 11.7 Å². The molecule has 0 spiro atoms. The molecule has 0 bridgehead atoms. The number of benzene rings is 1. The lowest BCUT2D eigenvalue weighted by Crippen LogP contribution is -2.42. The SMILES string of the molecule is CC(C)[C@H](Sc1nc2ccccc2c(=O)n1C1CC1)C(=O)NC(N)=O. The second-order valence-corrected chi connectivity index (χ2v) is 7.56. The predicted octanol–water partition coefficient (Wildman–Crippen LogP) is 2.04. The summed E-state index contributed by atoms with van der Waals surface area (Å²) in [5.74, 6) is -0.544. The van der Waals surface area contributed by atoms with Gasteiger partial charge in [0.2, 0.25) is 5.91 Å². The molecule has 25 heavy (non-hydrogen) atoms. The van der Waals surface area contributed by atoms with Crippen LogP contribution in [0, 0.1) is 5.92 Å². The Morgan fingerprint density at radius 3 is 2.60 bits per heavy atom. The van der Waals surface area contributed by atoms with Crippen LogP contribution < -0.4 is 16.6 Å². The van der Waals surface area contributed by atoms with E-state index < -0.39 is 17.2 Å². The fourth-order valence-electron chi connectivity index (χ4n) is 2.66. The molecule has 3 rings (SSSR count). The van der Waals surface area contributed by atoms with Crippen molar-refractivity contribution in [1.82, 2.24) is 14.9 Å². The van der Waals surface area contributed by atoms with Crippen LogP contribution in [0.3, 0.4) is 0 Å². The van der Waals surface area contributed by atoms with Crippen LogP contribution in [0.2, 0.25) is 0 Å². The van der Waals surface area contributed by atoms with E-state index in [1.165, 1.54) is 11.8 Å². The van der Waals surface area contributed by atoms with Crippen molar-refractivity contribution in [2.45, 2.75) is 43.1 Å². The van der Waals surface area contributed by atoms with Gasteiger partial charge in [0.05, 0.1) is 16.2 Å².